The number of carbonyl (C=O) groups is 1. The van der Waals surface area contributed by atoms with Crippen LogP contribution >= 0.6 is 0 Å². The van der Waals surface area contributed by atoms with Crippen LogP contribution in [-0.2, 0) is 0 Å². The highest BCUT2D eigenvalue weighted by molar-refractivity contribution is 5.85. The fourth-order valence-corrected chi connectivity index (χ4v) is 1.52. The van der Waals surface area contributed by atoms with Gasteiger partial charge in [-0.05, 0) is 26.2 Å². The van der Waals surface area contributed by atoms with Gasteiger partial charge in [0.15, 0.2) is 5.69 Å². The van der Waals surface area contributed by atoms with Gasteiger partial charge in [0.25, 0.3) is 6.01 Å². The molecule has 0 radical (unpaired) electrons. The van der Waals surface area contributed by atoms with Crippen molar-refractivity contribution in [2.45, 2.75) is 31.7 Å². The molecule has 1 aromatic rings. The quantitative estimate of drug-likeness (QED) is 0.769. The molecule has 0 amide bonds. The van der Waals surface area contributed by atoms with Gasteiger partial charge in [-0.15, -0.1) is 0 Å². The van der Waals surface area contributed by atoms with Crippen molar-refractivity contribution in [1.29, 1.82) is 0 Å². The molecule has 0 aliphatic heterocycles. The van der Waals surface area contributed by atoms with Crippen LogP contribution in [0.25, 0.3) is 0 Å². The fraction of sp³-hybridized carbons (Fsp3) is 0.556. The molecular weight excluding hydrogens is 184 g/mol. The Balaban J connectivity index is 2.06. The van der Waals surface area contributed by atoms with E-state index in [-0.39, 0.29) is 11.2 Å². The first-order valence-corrected chi connectivity index (χ1v) is 4.56. The topological polar surface area (TPSA) is 75.4 Å². The summed E-state index contributed by atoms with van der Waals surface area (Å²) >= 11 is 0. The van der Waals surface area contributed by atoms with E-state index in [1.165, 1.54) is 6.42 Å². The maximum Gasteiger partial charge on any atom is 0.357 e. The minimum Gasteiger partial charge on any atom is -0.476 e. The van der Waals surface area contributed by atoms with Crippen LogP contribution in [-0.4, -0.2) is 21.6 Å². The van der Waals surface area contributed by atoms with Crippen molar-refractivity contribution < 1.29 is 14.3 Å². The molecule has 1 aliphatic carbocycles. The summed E-state index contributed by atoms with van der Waals surface area (Å²) in [4.78, 5) is 14.3. The predicted octanol–water partition coefficient (Wildman–Crippen LogP) is 1.73. The first kappa shape index (κ1) is 9.05. The zero-order chi connectivity index (χ0) is 10.2. The first-order valence-electron chi connectivity index (χ1n) is 4.56. The molecule has 0 saturated heterocycles. The van der Waals surface area contributed by atoms with Gasteiger partial charge in [-0.25, -0.2) is 4.79 Å². The van der Waals surface area contributed by atoms with Gasteiger partial charge in [-0.1, -0.05) is 0 Å². The van der Waals surface area contributed by atoms with E-state index >= 15 is 0 Å². The van der Waals surface area contributed by atoms with E-state index in [0.717, 1.165) is 19.1 Å². The molecule has 0 atom stereocenters. The minimum atomic E-state index is -1.07. The Labute approximate surface area is 81.1 Å². The number of aromatic carboxylic acids is 1. The van der Waals surface area contributed by atoms with Crippen molar-refractivity contribution in [3.8, 4) is 0 Å². The van der Waals surface area contributed by atoms with Gasteiger partial charge >= 0.3 is 5.97 Å². The van der Waals surface area contributed by atoms with Crippen LogP contribution in [0.2, 0.25) is 0 Å². The number of nitrogens with one attached hydrogen (secondary N) is 1. The Morgan fingerprint density at radius 2 is 2.43 bits per heavy atom. The molecule has 0 aromatic carbocycles. The second-order valence-corrected chi connectivity index (χ2v) is 3.88. The highest BCUT2D eigenvalue weighted by atomic mass is 16.4. The molecule has 5 nitrogen and oxygen atoms in total. The Kier molecular flexibility index (Phi) is 1.94. The summed E-state index contributed by atoms with van der Waals surface area (Å²) in [5.74, 6) is -1.07. The number of anilines is 1. The monoisotopic (exact) mass is 196 g/mol. The SMILES string of the molecule is CC1(Nc2nc(C(=O)O)co2)CCC1. The molecule has 1 aromatic heterocycles. The molecule has 1 heterocycles. The summed E-state index contributed by atoms with van der Waals surface area (Å²) < 4.78 is 4.99. The highest BCUT2D eigenvalue weighted by Crippen LogP contribution is 2.34. The number of hydrogen-bond acceptors (Lipinski definition) is 4. The van der Waals surface area contributed by atoms with Crippen LogP contribution in [0.15, 0.2) is 10.7 Å². The molecule has 0 bridgehead atoms. The number of rotatable bonds is 3. The maximum atomic E-state index is 10.5. The Hall–Kier alpha value is -1.52. The third-order valence-corrected chi connectivity index (χ3v) is 2.59. The van der Waals surface area contributed by atoms with E-state index in [9.17, 15) is 4.79 Å². The third kappa shape index (κ3) is 1.57. The lowest BCUT2D eigenvalue weighted by Gasteiger charge is -2.38. The van der Waals surface area contributed by atoms with Gasteiger partial charge in [0.1, 0.15) is 6.26 Å². The summed E-state index contributed by atoms with van der Waals surface area (Å²) in [5, 5.41) is 11.7. The lowest BCUT2D eigenvalue weighted by Crippen LogP contribution is -2.41. The summed E-state index contributed by atoms with van der Waals surface area (Å²) in [6.07, 6.45) is 4.47. The van der Waals surface area contributed by atoms with Crippen molar-refractivity contribution in [2.75, 3.05) is 5.32 Å². The number of carboxylic acids is 1. The average Bonchev–Trinajstić information content (AvgIpc) is 2.50. The minimum absolute atomic E-state index is 0.0284. The second kappa shape index (κ2) is 3.01. The summed E-state index contributed by atoms with van der Waals surface area (Å²) in [5.41, 5.74) is -0.0314. The fourth-order valence-electron chi connectivity index (χ4n) is 1.52. The Bertz CT molecular complexity index is 355. The molecule has 1 aliphatic rings. The molecule has 2 rings (SSSR count). The van der Waals surface area contributed by atoms with Crippen LogP contribution in [0.5, 0.6) is 0 Å². The van der Waals surface area contributed by atoms with E-state index in [2.05, 4.69) is 17.2 Å². The normalized spacial score (nSPS) is 18.6. The molecule has 2 N–H and O–H groups in total. The Morgan fingerprint density at radius 3 is 2.86 bits per heavy atom. The summed E-state index contributed by atoms with van der Waals surface area (Å²) in [6, 6.07) is 0.296. The maximum absolute atomic E-state index is 10.5. The number of nitrogens with zero attached hydrogens (tertiary/aromatic N) is 1. The van der Waals surface area contributed by atoms with Crippen molar-refractivity contribution in [1.82, 2.24) is 4.98 Å². The number of oxazole rings is 1. The molecule has 0 unspecified atom stereocenters. The largest absolute Gasteiger partial charge is 0.476 e. The van der Waals surface area contributed by atoms with Crippen LogP contribution in [0, 0.1) is 0 Å². The van der Waals surface area contributed by atoms with Crippen molar-refractivity contribution in [3.63, 3.8) is 0 Å². The van der Waals surface area contributed by atoms with Gasteiger partial charge in [0.05, 0.1) is 0 Å². The lowest BCUT2D eigenvalue weighted by molar-refractivity contribution is 0.0690. The molecular formula is C9H12N2O3. The van der Waals surface area contributed by atoms with Crippen LogP contribution in [0.3, 0.4) is 0 Å². The zero-order valence-electron chi connectivity index (χ0n) is 7.91. The van der Waals surface area contributed by atoms with E-state index < -0.39 is 5.97 Å². The summed E-state index contributed by atoms with van der Waals surface area (Å²) in [7, 11) is 0. The van der Waals surface area contributed by atoms with Gasteiger partial charge in [-0.3, -0.25) is 0 Å². The van der Waals surface area contributed by atoms with Gasteiger partial charge in [-0.2, -0.15) is 4.98 Å². The van der Waals surface area contributed by atoms with Crippen molar-refractivity contribution in [2.24, 2.45) is 0 Å². The smallest absolute Gasteiger partial charge is 0.357 e. The van der Waals surface area contributed by atoms with E-state index in [1.807, 2.05) is 0 Å². The number of hydrogen-bond donors (Lipinski definition) is 2. The third-order valence-electron chi connectivity index (χ3n) is 2.59. The second-order valence-electron chi connectivity index (χ2n) is 3.88. The van der Waals surface area contributed by atoms with Gasteiger partial charge in [0, 0.05) is 5.54 Å². The molecule has 14 heavy (non-hydrogen) atoms. The van der Waals surface area contributed by atoms with Crippen molar-refractivity contribution in [3.05, 3.63) is 12.0 Å². The van der Waals surface area contributed by atoms with Gasteiger partial charge < -0.3 is 14.8 Å². The van der Waals surface area contributed by atoms with E-state index in [4.69, 9.17) is 9.52 Å². The summed E-state index contributed by atoms with van der Waals surface area (Å²) in [6.45, 7) is 2.07. The highest BCUT2D eigenvalue weighted by Gasteiger charge is 2.32. The lowest BCUT2D eigenvalue weighted by atomic mass is 9.79. The van der Waals surface area contributed by atoms with E-state index in [1.54, 1.807) is 0 Å². The number of aromatic nitrogens is 1. The molecule has 76 valence electrons. The standard InChI is InChI=1S/C9H12N2O3/c1-9(3-2-4-9)11-8-10-6(5-14-8)7(12)13/h5H,2-4H2,1H3,(H,10,11)(H,12,13). The number of carboxylic acid groups (broad SMARTS) is 1. The molecule has 1 saturated carbocycles. The zero-order valence-corrected chi connectivity index (χ0v) is 7.91. The van der Waals surface area contributed by atoms with Crippen LogP contribution in [0.1, 0.15) is 36.7 Å². The van der Waals surface area contributed by atoms with Crippen LogP contribution in [0.4, 0.5) is 6.01 Å². The van der Waals surface area contributed by atoms with Crippen molar-refractivity contribution >= 4 is 12.0 Å². The molecule has 0 spiro atoms. The average molecular weight is 196 g/mol. The van der Waals surface area contributed by atoms with Crippen LogP contribution < -0.4 is 5.32 Å². The first-order chi connectivity index (χ1) is 6.59. The predicted molar refractivity (Wildman–Crippen MR) is 49.3 cm³/mol. The Morgan fingerprint density at radius 1 is 1.71 bits per heavy atom. The molecule has 1 fully saturated rings. The van der Waals surface area contributed by atoms with E-state index in [0.29, 0.717) is 6.01 Å². The van der Waals surface area contributed by atoms with Gasteiger partial charge in [0.2, 0.25) is 0 Å². The molecule has 5 heteroatoms.